The van der Waals surface area contributed by atoms with Crippen molar-refractivity contribution in [2.75, 3.05) is 0 Å². The second-order valence-corrected chi connectivity index (χ2v) is 2.77. The molecule has 1 nitrogen and oxygen atoms in total. The van der Waals surface area contributed by atoms with E-state index >= 15 is 0 Å². The van der Waals surface area contributed by atoms with Gasteiger partial charge in [-0.05, 0) is 30.3 Å². The predicted octanol–water partition coefficient (Wildman–Crippen LogP) is 3.42. The van der Waals surface area contributed by atoms with Gasteiger partial charge in [-0.25, -0.2) is 4.39 Å². The molecule has 0 amide bonds. The van der Waals surface area contributed by atoms with Crippen LogP contribution in [0.15, 0.2) is 48.5 Å². The van der Waals surface area contributed by atoms with Crippen LogP contribution in [0, 0.1) is 11.9 Å². The standard InChI is InChI=1S/C12H8FO/c13-11-8-4-5-9-12(11)14-10-6-2-1-3-7-10/h1-3,5-9H. The fourth-order valence-electron chi connectivity index (χ4n) is 1.09. The Bertz CT molecular complexity index is 412. The monoisotopic (exact) mass is 187 g/mol. The first kappa shape index (κ1) is 8.75. The Morgan fingerprint density at radius 3 is 2.57 bits per heavy atom. The molecule has 14 heavy (non-hydrogen) atoms. The minimum atomic E-state index is -0.406. The summed E-state index contributed by atoms with van der Waals surface area (Å²) < 4.78 is 18.4. The quantitative estimate of drug-likeness (QED) is 0.700. The number of rotatable bonds is 2. The highest BCUT2D eigenvalue weighted by molar-refractivity contribution is 5.31. The van der Waals surface area contributed by atoms with E-state index in [1.54, 1.807) is 24.3 Å². The van der Waals surface area contributed by atoms with Crippen LogP contribution >= 0.6 is 0 Å². The largest absolute Gasteiger partial charge is 0.454 e. The van der Waals surface area contributed by atoms with Crippen molar-refractivity contribution in [1.29, 1.82) is 0 Å². The maximum Gasteiger partial charge on any atom is 0.166 e. The lowest BCUT2D eigenvalue weighted by Gasteiger charge is -2.05. The van der Waals surface area contributed by atoms with Crippen LogP contribution in [0.5, 0.6) is 11.5 Å². The van der Waals surface area contributed by atoms with Gasteiger partial charge in [0, 0.05) is 0 Å². The lowest BCUT2D eigenvalue weighted by molar-refractivity contribution is 0.442. The highest BCUT2D eigenvalue weighted by Crippen LogP contribution is 2.22. The molecule has 2 heteroatoms. The smallest absolute Gasteiger partial charge is 0.166 e. The van der Waals surface area contributed by atoms with E-state index in [-0.39, 0.29) is 5.75 Å². The molecule has 0 aromatic heterocycles. The molecular formula is C12H8FO. The van der Waals surface area contributed by atoms with E-state index in [9.17, 15) is 4.39 Å². The highest BCUT2D eigenvalue weighted by Gasteiger charge is 2.01. The van der Waals surface area contributed by atoms with Gasteiger partial charge in [0.2, 0.25) is 0 Å². The Balaban J connectivity index is 2.24. The van der Waals surface area contributed by atoms with Crippen LogP contribution in [-0.2, 0) is 0 Å². The number of hydrogen-bond acceptors (Lipinski definition) is 1. The Hall–Kier alpha value is -1.83. The predicted molar refractivity (Wildman–Crippen MR) is 51.8 cm³/mol. The van der Waals surface area contributed by atoms with Crippen LogP contribution in [-0.4, -0.2) is 0 Å². The van der Waals surface area contributed by atoms with Crippen molar-refractivity contribution in [3.8, 4) is 11.5 Å². The Morgan fingerprint density at radius 1 is 1.07 bits per heavy atom. The normalized spacial score (nSPS) is 9.79. The molecule has 0 aliphatic carbocycles. The summed E-state index contributed by atoms with van der Waals surface area (Å²) in [5.41, 5.74) is 0. The van der Waals surface area contributed by atoms with Crippen LogP contribution in [0.3, 0.4) is 0 Å². The Labute approximate surface area is 81.8 Å². The Kier molecular flexibility index (Phi) is 2.45. The van der Waals surface area contributed by atoms with Crippen molar-refractivity contribution in [2.45, 2.75) is 0 Å². The zero-order valence-corrected chi connectivity index (χ0v) is 7.41. The van der Waals surface area contributed by atoms with Crippen LogP contribution in [0.4, 0.5) is 4.39 Å². The molecule has 0 unspecified atom stereocenters. The summed E-state index contributed by atoms with van der Waals surface area (Å²) in [6.45, 7) is 0. The highest BCUT2D eigenvalue weighted by atomic mass is 19.1. The van der Waals surface area contributed by atoms with E-state index in [4.69, 9.17) is 4.74 Å². The molecule has 0 bridgehead atoms. The van der Waals surface area contributed by atoms with Crippen molar-refractivity contribution in [3.63, 3.8) is 0 Å². The lowest BCUT2D eigenvalue weighted by Crippen LogP contribution is -1.86. The second kappa shape index (κ2) is 3.92. The fraction of sp³-hybridized carbons (Fsp3) is 0. The first-order valence-electron chi connectivity index (χ1n) is 4.25. The summed E-state index contributed by atoms with van der Waals surface area (Å²) in [5.74, 6) is 0.434. The van der Waals surface area contributed by atoms with Crippen molar-refractivity contribution < 1.29 is 9.13 Å². The van der Waals surface area contributed by atoms with Crippen LogP contribution in [0.25, 0.3) is 0 Å². The zero-order chi connectivity index (χ0) is 9.80. The van der Waals surface area contributed by atoms with Gasteiger partial charge in [-0.15, -0.1) is 0 Å². The summed E-state index contributed by atoms with van der Waals surface area (Å²) in [4.78, 5) is 0. The molecule has 2 aromatic carbocycles. The van der Waals surface area contributed by atoms with E-state index in [1.807, 2.05) is 18.2 Å². The topological polar surface area (TPSA) is 9.23 Å². The molecule has 0 heterocycles. The third kappa shape index (κ3) is 1.91. The van der Waals surface area contributed by atoms with Gasteiger partial charge in [0.1, 0.15) is 5.75 Å². The number of ether oxygens (including phenoxy) is 1. The second-order valence-electron chi connectivity index (χ2n) is 2.77. The van der Waals surface area contributed by atoms with Crippen molar-refractivity contribution in [3.05, 3.63) is 60.4 Å². The van der Waals surface area contributed by atoms with Crippen molar-refractivity contribution in [1.82, 2.24) is 0 Å². The van der Waals surface area contributed by atoms with E-state index in [2.05, 4.69) is 6.07 Å². The zero-order valence-electron chi connectivity index (χ0n) is 7.41. The average molecular weight is 187 g/mol. The molecule has 0 N–H and O–H groups in total. The van der Waals surface area contributed by atoms with Gasteiger partial charge in [0.25, 0.3) is 0 Å². The maximum absolute atomic E-state index is 13.1. The molecule has 0 aliphatic rings. The van der Waals surface area contributed by atoms with Gasteiger partial charge in [-0.1, -0.05) is 24.3 Å². The SMILES string of the molecule is Fc1c[c]ccc1Oc1ccccc1. The van der Waals surface area contributed by atoms with Crippen molar-refractivity contribution in [2.24, 2.45) is 0 Å². The summed E-state index contributed by atoms with van der Waals surface area (Å²) in [7, 11) is 0. The molecule has 1 radical (unpaired) electrons. The number of hydrogen-bond donors (Lipinski definition) is 0. The molecule has 0 fully saturated rings. The number of benzene rings is 2. The number of halogens is 1. The van der Waals surface area contributed by atoms with Crippen LogP contribution in [0.2, 0.25) is 0 Å². The lowest BCUT2D eigenvalue weighted by atomic mass is 10.3. The summed E-state index contributed by atoms with van der Waals surface area (Å²) in [5, 5.41) is 0. The van der Waals surface area contributed by atoms with E-state index in [0.29, 0.717) is 5.75 Å². The van der Waals surface area contributed by atoms with Gasteiger partial charge in [0.05, 0.1) is 0 Å². The molecule has 69 valence electrons. The third-order valence-electron chi connectivity index (χ3n) is 1.75. The van der Waals surface area contributed by atoms with Crippen LogP contribution < -0.4 is 4.74 Å². The molecule has 0 saturated carbocycles. The first-order chi connectivity index (χ1) is 6.86. The van der Waals surface area contributed by atoms with E-state index in [1.165, 1.54) is 6.07 Å². The van der Waals surface area contributed by atoms with Gasteiger partial charge < -0.3 is 4.74 Å². The van der Waals surface area contributed by atoms with Gasteiger partial charge in [0.15, 0.2) is 11.6 Å². The van der Waals surface area contributed by atoms with Crippen LogP contribution in [0.1, 0.15) is 0 Å². The summed E-state index contributed by atoms with van der Waals surface area (Å²) in [6, 6.07) is 16.1. The minimum Gasteiger partial charge on any atom is -0.454 e. The molecular weight excluding hydrogens is 179 g/mol. The fourth-order valence-corrected chi connectivity index (χ4v) is 1.09. The molecule has 2 rings (SSSR count). The van der Waals surface area contributed by atoms with Gasteiger partial charge in [-0.2, -0.15) is 0 Å². The van der Waals surface area contributed by atoms with Crippen molar-refractivity contribution >= 4 is 0 Å². The molecule has 0 atom stereocenters. The molecule has 0 aliphatic heterocycles. The first-order valence-corrected chi connectivity index (χ1v) is 4.25. The van der Waals surface area contributed by atoms with E-state index < -0.39 is 5.82 Å². The summed E-state index contributed by atoms with van der Waals surface area (Å²) >= 11 is 0. The average Bonchev–Trinajstić information content (AvgIpc) is 2.23. The molecule has 0 spiro atoms. The summed E-state index contributed by atoms with van der Waals surface area (Å²) in [6.07, 6.45) is 0. The molecule has 0 saturated heterocycles. The third-order valence-corrected chi connectivity index (χ3v) is 1.75. The van der Waals surface area contributed by atoms with Gasteiger partial charge >= 0.3 is 0 Å². The maximum atomic E-state index is 13.1. The van der Waals surface area contributed by atoms with E-state index in [0.717, 1.165) is 0 Å². The number of para-hydroxylation sites is 1. The van der Waals surface area contributed by atoms with Gasteiger partial charge in [-0.3, -0.25) is 0 Å². The molecule has 2 aromatic rings. The Morgan fingerprint density at radius 2 is 1.86 bits per heavy atom. The minimum absolute atomic E-state index is 0.218.